The van der Waals surface area contributed by atoms with Crippen molar-refractivity contribution < 1.29 is 23.2 Å². The molecule has 0 aromatic rings. The molecule has 0 heterocycles. The Hall–Kier alpha value is -0.110. The maximum atomic E-state index is 9.29. The molecule has 0 saturated heterocycles. The second-order valence-corrected chi connectivity index (χ2v) is 1.56. The number of rotatable bonds is 1. The molecule has 5 nitrogen and oxygen atoms in total. The number of thiol groups is 1. The molecule has 0 aliphatic heterocycles. The van der Waals surface area contributed by atoms with Crippen LogP contribution in [-0.4, -0.2) is 30.1 Å². The number of aliphatic carboxylic acids is 1. The van der Waals surface area contributed by atoms with E-state index in [0.29, 0.717) is 0 Å². The Bertz CT molecular complexity index is 97.1. The lowest BCUT2D eigenvalue weighted by Crippen LogP contribution is -1.92. The van der Waals surface area contributed by atoms with Gasteiger partial charge in [0.05, 0.1) is 5.75 Å². The number of carboxylic acids is 1. The van der Waals surface area contributed by atoms with E-state index in [1.54, 1.807) is 0 Å². The molecule has 0 spiro atoms. The monoisotopic (exact) mass is 174 g/mol. The first-order valence-electron chi connectivity index (χ1n) is 1.63. The van der Waals surface area contributed by atoms with Crippen LogP contribution in [0.15, 0.2) is 0 Å². The maximum absolute atomic E-state index is 9.29. The fourth-order valence-corrected chi connectivity index (χ4v) is 0. The van der Waals surface area contributed by atoms with E-state index >= 15 is 0 Å². The number of hydrogen-bond acceptors (Lipinski definition) is 3. The van der Waals surface area contributed by atoms with Gasteiger partial charge in [0.15, 0.2) is 0 Å². The molecule has 0 aromatic carbocycles. The van der Waals surface area contributed by atoms with Gasteiger partial charge in [-0.25, -0.2) is 0 Å². The van der Waals surface area contributed by atoms with Gasteiger partial charge >= 0.3 is 5.97 Å². The third kappa shape index (κ3) is 76.6. The Morgan fingerprint density at radius 2 is 1.67 bits per heavy atom. The fourth-order valence-electron chi connectivity index (χ4n) is 0. The van der Waals surface area contributed by atoms with Gasteiger partial charge < -0.3 is 5.11 Å². The lowest BCUT2D eigenvalue weighted by molar-refractivity contribution is -0.133. The van der Waals surface area contributed by atoms with E-state index in [1.807, 2.05) is 0 Å². The van der Waals surface area contributed by atoms with Crippen LogP contribution in [0.3, 0.4) is 0 Å². The molecular formula is C2H6O5S2. The number of carboxylic acid groups (broad SMARTS) is 1. The average molecular weight is 174 g/mol. The molecule has 0 aliphatic rings. The van der Waals surface area contributed by atoms with Crippen molar-refractivity contribution in [1.29, 1.82) is 0 Å². The van der Waals surface area contributed by atoms with Crippen LogP contribution in [0.1, 0.15) is 0 Å². The molecule has 0 amide bonds. The number of hydrogen-bond donors (Lipinski definition) is 4. The zero-order chi connectivity index (χ0) is 7.86. The summed E-state index contributed by atoms with van der Waals surface area (Å²) >= 11 is 0.805. The van der Waals surface area contributed by atoms with Crippen molar-refractivity contribution in [2.24, 2.45) is 0 Å². The van der Waals surface area contributed by atoms with Crippen molar-refractivity contribution in [1.82, 2.24) is 0 Å². The van der Waals surface area contributed by atoms with Gasteiger partial charge in [-0.05, 0) is 0 Å². The van der Waals surface area contributed by atoms with Gasteiger partial charge in [-0.3, -0.25) is 13.9 Å². The van der Waals surface area contributed by atoms with Crippen LogP contribution in [0.4, 0.5) is 0 Å². The highest BCUT2D eigenvalue weighted by molar-refractivity contribution is 7.81. The third-order valence-electron chi connectivity index (χ3n) is 0.135. The number of carbonyl (C=O) groups is 1. The zero-order valence-corrected chi connectivity index (χ0v) is 5.93. The summed E-state index contributed by atoms with van der Waals surface area (Å²) < 4.78 is 22.8. The molecule has 56 valence electrons. The lowest BCUT2D eigenvalue weighted by Gasteiger charge is -1.71. The first-order valence-corrected chi connectivity index (χ1v) is 3.33. The molecule has 0 aromatic heterocycles. The third-order valence-corrected chi connectivity index (χ3v) is 0.406. The van der Waals surface area contributed by atoms with Crippen molar-refractivity contribution >= 4 is 30.0 Å². The minimum Gasteiger partial charge on any atom is -0.481 e. The molecule has 0 fully saturated rings. The summed E-state index contributed by atoms with van der Waals surface area (Å²) in [7, 11) is 0. The van der Waals surface area contributed by atoms with Gasteiger partial charge in [-0.2, -0.15) is 16.8 Å². The molecular weight excluding hydrogens is 168 g/mol. The highest BCUT2D eigenvalue weighted by Gasteiger charge is 1.81. The second-order valence-electron chi connectivity index (χ2n) is 0.783. The van der Waals surface area contributed by atoms with Gasteiger partial charge in [0, 0.05) is 0 Å². The highest BCUT2D eigenvalue weighted by atomic mass is 32.2. The van der Waals surface area contributed by atoms with Crippen LogP contribution in [0.2, 0.25) is 0 Å². The lowest BCUT2D eigenvalue weighted by atomic mass is 10.8. The first kappa shape index (κ1) is 11.7. The Kier molecular flexibility index (Phi) is 10.2. The Labute approximate surface area is 59.6 Å². The maximum Gasteiger partial charge on any atom is 0.313 e. The molecule has 0 rings (SSSR count). The second kappa shape index (κ2) is 7.89. The fraction of sp³-hybridized carbons (Fsp3) is 0.500. The Morgan fingerprint density at radius 1 is 1.56 bits per heavy atom. The van der Waals surface area contributed by atoms with E-state index in [1.165, 1.54) is 0 Å². The summed E-state index contributed by atoms with van der Waals surface area (Å²) in [5.74, 6) is -0.965. The van der Waals surface area contributed by atoms with Crippen molar-refractivity contribution in [2.45, 2.75) is 0 Å². The van der Waals surface area contributed by atoms with Gasteiger partial charge in [0.2, 0.25) is 0 Å². The van der Waals surface area contributed by atoms with E-state index in [4.69, 9.17) is 18.4 Å². The summed E-state index contributed by atoms with van der Waals surface area (Å²) in [4.78, 5) is 9.29. The van der Waals surface area contributed by atoms with Crippen LogP contribution in [0.25, 0.3) is 0 Å². The van der Waals surface area contributed by atoms with E-state index in [-0.39, 0.29) is 5.75 Å². The van der Waals surface area contributed by atoms with E-state index in [0.717, 1.165) is 0 Å². The average Bonchev–Trinajstić information content (AvgIpc) is 1.65. The van der Waals surface area contributed by atoms with E-state index in [2.05, 4.69) is 12.6 Å². The molecule has 7 heteroatoms. The molecule has 0 atom stereocenters. The van der Waals surface area contributed by atoms with Gasteiger partial charge in [0.25, 0.3) is 11.4 Å². The summed E-state index contributed by atoms with van der Waals surface area (Å²) in [6.45, 7) is 0. The van der Waals surface area contributed by atoms with E-state index < -0.39 is 17.3 Å². The molecule has 0 saturated carbocycles. The molecule has 0 unspecified atom stereocenters. The van der Waals surface area contributed by atoms with Crippen molar-refractivity contribution in [3.63, 3.8) is 0 Å². The van der Waals surface area contributed by atoms with Gasteiger partial charge in [-0.1, -0.05) is 0 Å². The molecule has 9 heavy (non-hydrogen) atoms. The summed E-state index contributed by atoms with van der Waals surface area (Å²) in [6, 6.07) is 0. The minimum absolute atomic E-state index is 0.0833. The highest BCUT2D eigenvalue weighted by Crippen LogP contribution is 1.66. The quantitative estimate of drug-likeness (QED) is 0.323. The van der Waals surface area contributed by atoms with Crippen molar-refractivity contribution in [3.05, 3.63) is 0 Å². The van der Waals surface area contributed by atoms with E-state index in [9.17, 15) is 4.79 Å². The molecule has 0 bridgehead atoms. The standard InChI is InChI=1S/C2H4O2S.H2O3S/c3-2(4)1-5;1-4(2)3/h5H,1H2,(H,3,4);(H2,1,2,3). The zero-order valence-electron chi connectivity index (χ0n) is 4.22. The van der Waals surface area contributed by atoms with Gasteiger partial charge in [0.1, 0.15) is 0 Å². The van der Waals surface area contributed by atoms with Crippen LogP contribution in [0.5, 0.6) is 0 Å². The predicted octanol–water partition coefficient (Wildman–Crippen LogP) is -0.318. The normalized spacial score (nSPS) is 8.00. The van der Waals surface area contributed by atoms with Gasteiger partial charge in [-0.15, -0.1) is 0 Å². The summed E-state index contributed by atoms with van der Waals surface area (Å²) in [6.07, 6.45) is 0. The summed E-state index contributed by atoms with van der Waals surface area (Å²) in [5.41, 5.74) is 0. The smallest absolute Gasteiger partial charge is 0.313 e. The first-order chi connectivity index (χ1) is 4.00. The van der Waals surface area contributed by atoms with Crippen LogP contribution in [-0.2, 0) is 16.2 Å². The Morgan fingerprint density at radius 3 is 1.67 bits per heavy atom. The molecule has 0 aliphatic carbocycles. The topological polar surface area (TPSA) is 94.8 Å². The van der Waals surface area contributed by atoms with Crippen LogP contribution in [0, 0.1) is 0 Å². The van der Waals surface area contributed by atoms with Crippen LogP contribution >= 0.6 is 12.6 Å². The van der Waals surface area contributed by atoms with Crippen LogP contribution < -0.4 is 0 Å². The molecule has 0 radical (unpaired) electrons. The summed E-state index contributed by atoms with van der Waals surface area (Å²) in [5, 5.41) is 7.65. The predicted molar refractivity (Wildman–Crippen MR) is 34.9 cm³/mol. The molecule has 3 N–H and O–H groups in total. The largest absolute Gasteiger partial charge is 0.481 e. The Balaban J connectivity index is 0. The van der Waals surface area contributed by atoms with Crippen molar-refractivity contribution in [3.8, 4) is 0 Å². The van der Waals surface area contributed by atoms with Crippen molar-refractivity contribution in [2.75, 3.05) is 5.75 Å². The minimum atomic E-state index is -2.61. The SMILES string of the molecule is O=C(O)CS.O=S(O)O.